The van der Waals surface area contributed by atoms with Crippen LogP contribution in [0.1, 0.15) is 35.6 Å². The first-order chi connectivity index (χ1) is 14.3. The number of hydrogen-bond acceptors (Lipinski definition) is 3. The summed E-state index contributed by atoms with van der Waals surface area (Å²) < 4.78 is 40.1. The Bertz CT molecular complexity index is 1050. The van der Waals surface area contributed by atoms with E-state index in [9.17, 15) is 23.1 Å². The molecule has 1 N–H and O–H groups in total. The zero-order chi connectivity index (χ0) is 21.3. The molecule has 0 aliphatic carbocycles. The lowest BCUT2D eigenvalue weighted by atomic mass is 9.89. The molecular weight excluding hydrogens is 393 g/mol. The van der Waals surface area contributed by atoms with Gasteiger partial charge in [0, 0.05) is 11.6 Å². The first-order valence-electron chi connectivity index (χ1n) is 9.82. The van der Waals surface area contributed by atoms with Gasteiger partial charge in [0.15, 0.2) is 0 Å². The Kier molecular flexibility index (Phi) is 5.47. The van der Waals surface area contributed by atoms with E-state index < -0.39 is 29.7 Å². The number of hydrogen-bond donors (Lipinski definition) is 1. The zero-order valence-electron chi connectivity index (χ0n) is 16.1. The fraction of sp³-hybridized carbons (Fsp3) is 0.304. The smallest absolute Gasteiger partial charge is 0.416 e. The van der Waals surface area contributed by atoms with Crippen molar-refractivity contribution in [2.75, 3.05) is 13.1 Å². The van der Waals surface area contributed by atoms with Gasteiger partial charge in [-0.05, 0) is 61.3 Å². The molecule has 1 unspecified atom stereocenters. The highest BCUT2D eigenvalue weighted by molar-refractivity contribution is 5.82. The molecule has 2 heterocycles. The maximum atomic E-state index is 13.4. The van der Waals surface area contributed by atoms with E-state index in [1.807, 2.05) is 30.3 Å². The summed E-state index contributed by atoms with van der Waals surface area (Å²) in [6.07, 6.45) is -1.83. The lowest BCUT2D eigenvalue weighted by Crippen LogP contribution is -2.39. The molecular formula is C23H21F3N2O2. The molecule has 1 atom stereocenters. The van der Waals surface area contributed by atoms with Gasteiger partial charge in [0.1, 0.15) is 0 Å². The molecule has 0 spiro atoms. The summed E-state index contributed by atoms with van der Waals surface area (Å²) in [4.78, 5) is 17.8. The largest absolute Gasteiger partial charge is 0.481 e. The Morgan fingerprint density at radius 2 is 1.80 bits per heavy atom. The number of alkyl halides is 3. The van der Waals surface area contributed by atoms with Crippen molar-refractivity contribution < 1.29 is 23.1 Å². The molecule has 7 heteroatoms. The number of halogens is 3. The van der Waals surface area contributed by atoms with Gasteiger partial charge in [-0.1, -0.05) is 30.3 Å². The monoisotopic (exact) mass is 414 g/mol. The Morgan fingerprint density at radius 3 is 2.50 bits per heavy atom. The van der Waals surface area contributed by atoms with Crippen LogP contribution in [0.15, 0.2) is 60.8 Å². The number of pyridine rings is 1. The maximum absolute atomic E-state index is 13.4. The third kappa shape index (κ3) is 4.03. The number of piperidine rings is 1. The molecule has 1 aliphatic heterocycles. The Hall–Kier alpha value is -2.93. The number of rotatable bonds is 4. The fourth-order valence-corrected chi connectivity index (χ4v) is 4.23. The van der Waals surface area contributed by atoms with E-state index >= 15 is 0 Å². The predicted octanol–water partition coefficient (Wildman–Crippen LogP) is 5.14. The van der Waals surface area contributed by atoms with E-state index in [4.69, 9.17) is 0 Å². The molecule has 1 saturated heterocycles. The normalized spacial score (nSPS) is 17.2. The SMILES string of the molecule is O=C(O)C1CCN(C(c2cccc(C(F)(F)F)c2)c2ccnc3ccccc23)CC1. The number of para-hydroxylation sites is 1. The van der Waals surface area contributed by atoms with E-state index in [-0.39, 0.29) is 0 Å². The van der Waals surface area contributed by atoms with Crippen molar-refractivity contribution in [2.45, 2.75) is 25.1 Å². The second kappa shape index (κ2) is 8.07. The molecule has 156 valence electrons. The van der Waals surface area contributed by atoms with E-state index in [0.717, 1.165) is 22.5 Å². The van der Waals surface area contributed by atoms with E-state index in [1.165, 1.54) is 12.1 Å². The summed E-state index contributed by atoms with van der Waals surface area (Å²) in [5.74, 6) is -1.24. The van der Waals surface area contributed by atoms with Gasteiger partial charge >= 0.3 is 12.1 Å². The molecule has 0 radical (unpaired) electrons. The quantitative estimate of drug-likeness (QED) is 0.642. The summed E-state index contributed by atoms with van der Waals surface area (Å²) in [5, 5.41) is 10.2. The number of fused-ring (bicyclic) bond motifs is 1. The van der Waals surface area contributed by atoms with Crippen molar-refractivity contribution in [1.29, 1.82) is 0 Å². The number of aliphatic carboxylic acids is 1. The number of nitrogens with zero attached hydrogens (tertiary/aromatic N) is 2. The second-order valence-corrected chi connectivity index (χ2v) is 7.59. The van der Waals surface area contributed by atoms with E-state index in [2.05, 4.69) is 9.88 Å². The molecule has 1 aromatic heterocycles. The van der Waals surface area contributed by atoms with Crippen LogP contribution in [0.2, 0.25) is 0 Å². The molecule has 2 aromatic carbocycles. The lowest BCUT2D eigenvalue weighted by molar-refractivity contribution is -0.143. The lowest BCUT2D eigenvalue weighted by Gasteiger charge is -2.37. The van der Waals surface area contributed by atoms with Crippen molar-refractivity contribution in [3.8, 4) is 0 Å². The van der Waals surface area contributed by atoms with Gasteiger partial charge in [0.05, 0.1) is 23.0 Å². The van der Waals surface area contributed by atoms with Gasteiger partial charge in [-0.15, -0.1) is 0 Å². The first kappa shape index (κ1) is 20.3. The predicted molar refractivity (Wildman–Crippen MR) is 107 cm³/mol. The van der Waals surface area contributed by atoms with Crippen molar-refractivity contribution in [1.82, 2.24) is 9.88 Å². The van der Waals surface area contributed by atoms with Gasteiger partial charge in [0.25, 0.3) is 0 Å². The molecule has 30 heavy (non-hydrogen) atoms. The highest BCUT2D eigenvalue weighted by Gasteiger charge is 2.34. The van der Waals surface area contributed by atoms with Crippen LogP contribution in [0.3, 0.4) is 0 Å². The fourth-order valence-electron chi connectivity index (χ4n) is 4.23. The van der Waals surface area contributed by atoms with Crippen LogP contribution in [0.5, 0.6) is 0 Å². The van der Waals surface area contributed by atoms with Crippen molar-refractivity contribution in [2.24, 2.45) is 5.92 Å². The summed E-state index contributed by atoms with van der Waals surface area (Å²) in [6, 6.07) is 14.4. The molecule has 4 rings (SSSR count). The number of carboxylic acids is 1. The van der Waals surface area contributed by atoms with Crippen LogP contribution in [0, 0.1) is 5.92 Å². The summed E-state index contributed by atoms with van der Waals surface area (Å²) in [7, 11) is 0. The number of carbonyl (C=O) groups is 1. The Labute approximate surface area is 172 Å². The maximum Gasteiger partial charge on any atom is 0.416 e. The van der Waals surface area contributed by atoms with Crippen LogP contribution in [0.4, 0.5) is 13.2 Å². The average molecular weight is 414 g/mol. The summed E-state index contributed by atoms with van der Waals surface area (Å²) >= 11 is 0. The average Bonchev–Trinajstić information content (AvgIpc) is 2.74. The number of likely N-dealkylation sites (tertiary alicyclic amines) is 1. The summed E-state index contributed by atoms with van der Waals surface area (Å²) in [6.45, 7) is 0.989. The number of carboxylic acid groups (broad SMARTS) is 1. The van der Waals surface area contributed by atoms with Crippen LogP contribution in [-0.4, -0.2) is 34.0 Å². The van der Waals surface area contributed by atoms with Gasteiger partial charge < -0.3 is 5.11 Å². The molecule has 4 nitrogen and oxygen atoms in total. The van der Waals surface area contributed by atoms with Gasteiger partial charge in [0.2, 0.25) is 0 Å². The van der Waals surface area contributed by atoms with Gasteiger partial charge in [-0.25, -0.2) is 0 Å². The number of benzene rings is 2. The Morgan fingerprint density at radius 1 is 1.07 bits per heavy atom. The minimum atomic E-state index is -4.43. The van der Waals surface area contributed by atoms with Crippen LogP contribution in [0.25, 0.3) is 10.9 Å². The Balaban J connectivity index is 1.81. The molecule has 0 saturated carbocycles. The standard InChI is InChI=1S/C23H21F3N2O2/c24-23(25,26)17-5-3-4-16(14-17)21(28-12-9-15(10-13-28)22(29)30)19-8-11-27-20-7-2-1-6-18(19)20/h1-8,11,14-15,21H,9-10,12-13H2,(H,29,30). The minimum absolute atomic E-state index is 0.419. The third-order valence-electron chi connectivity index (χ3n) is 5.75. The van der Waals surface area contributed by atoms with Crippen LogP contribution < -0.4 is 0 Å². The van der Waals surface area contributed by atoms with Crippen molar-refractivity contribution in [3.63, 3.8) is 0 Å². The van der Waals surface area contributed by atoms with Gasteiger partial charge in [-0.2, -0.15) is 13.2 Å². The van der Waals surface area contributed by atoms with Gasteiger partial charge in [-0.3, -0.25) is 14.7 Å². The van der Waals surface area contributed by atoms with Crippen molar-refractivity contribution >= 4 is 16.9 Å². The minimum Gasteiger partial charge on any atom is -0.481 e. The third-order valence-corrected chi connectivity index (χ3v) is 5.75. The molecule has 0 amide bonds. The first-order valence-corrected chi connectivity index (χ1v) is 9.82. The number of aromatic nitrogens is 1. The molecule has 3 aromatic rings. The van der Waals surface area contributed by atoms with Crippen LogP contribution in [-0.2, 0) is 11.0 Å². The summed E-state index contributed by atoms with van der Waals surface area (Å²) in [5.41, 5.74) is 1.49. The highest BCUT2D eigenvalue weighted by atomic mass is 19.4. The van der Waals surface area contributed by atoms with Crippen LogP contribution >= 0.6 is 0 Å². The van der Waals surface area contributed by atoms with E-state index in [0.29, 0.717) is 31.5 Å². The molecule has 1 aliphatic rings. The van der Waals surface area contributed by atoms with E-state index in [1.54, 1.807) is 12.3 Å². The zero-order valence-corrected chi connectivity index (χ0v) is 16.1. The highest BCUT2D eigenvalue weighted by Crippen LogP contribution is 2.38. The topological polar surface area (TPSA) is 53.4 Å². The second-order valence-electron chi connectivity index (χ2n) is 7.59. The molecule has 1 fully saturated rings. The van der Waals surface area contributed by atoms with Crippen molar-refractivity contribution in [3.05, 3.63) is 77.5 Å². The molecule has 0 bridgehead atoms.